The number of hydrogen-bond donors (Lipinski definition) is 1. The van der Waals surface area contributed by atoms with Crippen LogP contribution in [0.15, 0.2) is 59.8 Å². The predicted octanol–water partition coefficient (Wildman–Crippen LogP) is 5.21. The lowest BCUT2D eigenvalue weighted by molar-refractivity contribution is -0.139. The van der Waals surface area contributed by atoms with Gasteiger partial charge >= 0.3 is 6.18 Å². The highest BCUT2D eigenvalue weighted by molar-refractivity contribution is 5.98. The number of rotatable bonds is 7. The van der Waals surface area contributed by atoms with E-state index in [0.717, 1.165) is 16.7 Å². The molecular weight excluding hydrogens is 436 g/mol. The van der Waals surface area contributed by atoms with Crippen molar-refractivity contribution in [2.75, 3.05) is 25.5 Å². The number of anilines is 1. The van der Waals surface area contributed by atoms with Gasteiger partial charge in [-0.1, -0.05) is 41.6 Å². The fourth-order valence-electron chi connectivity index (χ4n) is 4.09. The van der Waals surface area contributed by atoms with Crippen LogP contribution in [0.5, 0.6) is 0 Å². The van der Waals surface area contributed by atoms with Crippen LogP contribution in [0.4, 0.5) is 23.2 Å². The predicted molar refractivity (Wildman–Crippen MR) is 121 cm³/mol. The van der Waals surface area contributed by atoms with Crippen LogP contribution in [0, 0.1) is 0 Å². The van der Waals surface area contributed by atoms with Crippen LogP contribution in [-0.4, -0.2) is 54.2 Å². The second kappa shape index (κ2) is 9.82. The molecule has 2 heterocycles. The topological polar surface area (TPSA) is 41.8 Å². The largest absolute Gasteiger partial charge is 0.406 e. The maximum absolute atomic E-state index is 14.5. The standard InChI is InChI=1S/C24H26F4N4O/c1-31-11-10-22(20(25)14-31)30-21-8-5-9-23-19(21)12-18(32(23)16-24(26,27)28)13-29-33-15-17-6-3-2-4-7-17/h2-9,12-13,20,22,30H,10-11,14-16H2,1H3/b29-13-/t20-,22+/m0/s1. The molecule has 33 heavy (non-hydrogen) atoms. The van der Waals surface area contributed by atoms with Gasteiger partial charge in [0.05, 0.1) is 23.5 Å². The second-order valence-corrected chi connectivity index (χ2v) is 8.32. The summed E-state index contributed by atoms with van der Waals surface area (Å²) in [6, 6.07) is 15.6. The van der Waals surface area contributed by atoms with E-state index in [2.05, 4.69) is 10.5 Å². The third kappa shape index (κ3) is 5.84. The number of nitrogens with zero attached hydrogens (tertiary/aromatic N) is 3. The molecule has 1 fully saturated rings. The quantitative estimate of drug-likeness (QED) is 0.298. The van der Waals surface area contributed by atoms with Crippen LogP contribution in [0.25, 0.3) is 10.9 Å². The summed E-state index contributed by atoms with van der Waals surface area (Å²) in [4.78, 5) is 7.21. The van der Waals surface area contributed by atoms with Crippen molar-refractivity contribution in [2.24, 2.45) is 5.16 Å². The molecule has 1 aliphatic rings. The highest BCUT2D eigenvalue weighted by Gasteiger charge is 2.31. The molecule has 176 valence electrons. The minimum atomic E-state index is -4.42. The number of likely N-dealkylation sites (tertiary alicyclic amines) is 1. The number of halogens is 4. The zero-order chi connectivity index (χ0) is 23.4. The molecule has 0 saturated carbocycles. The lowest BCUT2D eigenvalue weighted by atomic mass is 10.0. The SMILES string of the molecule is CN1CC[C@@H](Nc2cccc3c2cc(/C=N\OCc2ccccc2)n3CC(F)(F)F)[C@@H](F)C1. The monoisotopic (exact) mass is 462 g/mol. The number of nitrogens with one attached hydrogen (secondary N) is 1. The Kier molecular flexibility index (Phi) is 6.88. The van der Waals surface area contributed by atoms with Gasteiger partial charge in [0.1, 0.15) is 19.3 Å². The van der Waals surface area contributed by atoms with Gasteiger partial charge in [0, 0.05) is 24.2 Å². The molecule has 0 amide bonds. The molecule has 4 rings (SSSR count). The zero-order valence-electron chi connectivity index (χ0n) is 18.2. The van der Waals surface area contributed by atoms with Crippen molar-refractivity contribution in [3.63, 3.8) is 0 Å². The maximum Gasteiger partial charge on any atom is 0.406 e. The Morgan fingerprint density at radius 3 is 2.67 bits per heavy atom. The van der Waals surface area contributed by atoms with Crippen molar-refractivity contribution < 1.29 is 22.4 Å². The molecular formula is C24H26F4N4O. The van der Waals surface area contributed by atoms with E-state index >= 15 is 0 Å². The van der Waals surface area contributed by atoms with Gasteiger partial charge in [-0.05, 0) is 37.2 Å². The number of hydrogen-bond acceptors (Lipinski definition) is 4. The lowest BCUT2D eigenvalue weighted by Gasteiger charge is -2.33. The minimum absolute atomic E-state index is 0.206. The van der Waals surface area contributed by atoms with Crippen LogP contribution < -0.4 is 5.32 Å². The van der Waals surface area contributed by atoms with Gasteiger partial charge in [0.25, 0.3) is 0 Å². The number of benzene rings is 2. The highest BCUT2D eigenvalue weighted by Crippen LogP contribution is 2.31. The van der Waals surface area contributed by atoms with E-state index in [0.29, 0.717) is 29.6 Å². The Morgan fingerprint density at radius 2 is 1.94 bits per heavy atom. The van der Waals surface area contributed by atoms with Crippen molar-refractivity contribution in [1.82, 2.24) is 9.47 Å². The van der Waals surface area contributed by atoms with E-state index in [9.17, 15) is 17.6 Å². The van der Waals surface area contributed by atoms with Crippen molar-refractivity contribution >= 4 is 22.8 Å². The molecule has 1 aromatic heterocycles. The Labute approximate surface area is 189 Å². The zero-order valence-corrected chi connectivity index (χ0v) is 18.2. The van der Waals surface area contributed by atoms with Crippen molar-refractivity contribution in [3.05, 3.63) is 65.9 Å². The summed E-state index contributed by atoms with van der Waals surface area (Å²) in [6.45, 7) is 0.108. The summed E-state index contributed by atoms with van der Waals surface area (Å²) < 4.78 is 55.7. The molecule has 1 aliphatic heterocycles. The van der Waals surface area contributed by atoms with Crippen LogP contribution in [-0.2, 0) is 18.0 Å². The molecule has 0 aliphatic carbocycles. The van der Waals surface area contributed by atoms with Gasteiger partial charge in [0.2, 0.25) is 0 Å². The summed E-state index contributed by atoms with van der Waals surface area (Å²) in [5.74, 6) is 0. The summed E-state index contributed by atoms with van der Waals surface area (Å²) in [5, 5.41) is 7.68. The Hall–Kier alpha value is -3.07. The molecule has 9 heteroatoms. The molecule has 2 atom stereocenters. The van der Waals surface area contributed by atoms with Crippen molar-refractivity contribution in [2.45, 2.75) is 38.0 Å². The third-order valence-corrected chi connectivity index (χ3v) is 5.73. The summed E-state index contributed by atoms with van der Waals surface area (Å²) in [6.07, 6.45) is -3.59. The van der Waals surface area contributed by atoms with E-state index in [1.807, 2.05) is 42.3 Å². The van der Waals surface area contributed by atoms with Gasteiger partial charge < -0.3 is 19.6 Å². The van der Waals surface area contributed by atoms with Crippen molar-refractivity contribution in [3.8, 4) is 0 Å². The fraction of sp³-hybridized carbons (Fsp3) is 0.375. The van der Waals surface area contributed by atoms with Crippen LogP contribution in [0.2, 0.25) is 0 Å². The first-order chi connectivity index (χ1) is 15.8. The van der Waals surface area contributed by atoms with Gasteiger partial charge in [-0.2, -0.15) is 13.2 Å². The first-order valence-electron chi connectivity index (χ1n) is 10.8. The Bertz CT molecular complexity index is 1100. The number of aromatic nitrogens is 1. The average molecular weight is 462 g/mol. The first kappa shape index (κ1) is 23.1. The Morgan fingerprint density at radius 1 is 1.15 bits per heavy atom. The Balaban J connectivity index is 1.60. The molecule has 3 aromatic rings. The van der Waals surface area contributed by atoms with Gasteiger partial charge in [-0.25, -0.2) is 4.39 Å². The fourth-order valence-corrected chi connectivity index (χ4v) is 4.09. The highest BCUT2D eigenvalue weighted by atomic mass is 19.4. The minimum Gasteiger partial charge on any atom is -0.391 e. The van der Waals surface area contributed by atoms with Crippen LogP contribution in [0.1, 0.15) is 17.7 Å². The van der Waals surface area contributed by atoms with E-state index < -0.39 is 24.9 Å². The van der Waals surface area contributed by atoms with E-state index in [4.69, 9.17) is 4.84 Å². The molecule has 5 nitrogen and oxygen atoms in total. The van der Waals surface area contributed by atoms with Crippen LogP contribution in [0.3, 0.4) is 0 Å². The van der Waals surface area contributed by atoms with E-state index in [-0.39, 0.29) is 12.3 Å². The van der Waals surface area contributed by atoms with Gasteiger partial charge in [-0.3, -0.25) is 0 Å². The summed E-state index contributed by atoms with van der Waals surface area (Å²) in [5.41, 5.74) is 2.15. The van der Waals surface area contributed by atoms with Crippen LogP contribution >= 0.6 is 0 Å². The molecule has 0 spiro atoms. The molecule has 0 unspecified atom stereocenters. The summed E-state index contributed by atoms with van der Waals surface area (Å²) in [7, 11) is 1.87. The number of fused-ring (bicyclic) bond motifs is 1. The lowest BCUT2D eigenvalue weighted by Crippen LogP contribution is -2.46. The number of piperidine rings is 1. The first-order valence-corrected chi connectivity index (χ1v) is 10.8. The maximum atomic E-state index is 14.5. The average Bonchev–Trinajstić information content (AvgIpc) is 3.11. The molecule has 1 saturated heterocycles. The molecule has 0 radical (unpaired) electrons. The number of oxime groups is 1. The second-order valence-electron chi connectivity index (χ2n) is 8.32. The van der Waals surface area contributed by atoms with Gasteiger partial charge in [-0.15, -0.1) is 0 Å². The summed E-state index contributed by atoms with van der Waals surface area (Å²) >= 11 is 0. The van der Waals surface area contributed by atoms with E-state index in [1.54, 1.807) is 24.3 Å². The number of alkyl halides is 4. The normalized spacial score (nSPS) is 19.9. The molecule has 1 N–H and O–H groups in total. The third-order valence-electron chi connectivity index (χ3n) is 5.73. The molecule has 0 bridgehead atoms. The molecule has 2 aromatic carbocycles. The van der Waals surface area contributed by atoms with E-state index in [1.165, 1.54) is 6.21 Å². The van der Waals surface area contributed by atoms with Crippen molar-refractivity contribution in [1.29, 1.82) is 0 Å². The van der Waals surface area contributed by atoms with Gasteiger partial charge in [0.15, 0.2) is 0 Å². The smallest absolute Gasteiger partial charge is 0.391 e.